The Bertz CT molecular complexity index is 584. The average Bonchev–Trinajstić information content (AvgIpc) is 2.40. The number of benzene rings is 2. The fourth-order valence-corrected chi connectivity index (χ4v) is 2.04. The van der Waals surface area contributed by atoms with Crippen LogP contribution in [-0.4, -0.2) is 24.1 Å². The predicted molar refractivity (Wildman–Crippen MR) is 79.2 cm³/mol. The smallest absolute Gasteiger partial charge is 0.165 e. The molecule has 2 aromatic carbocycles. The molecule has 0 unspecified atom stereocenters. The van der Waals surface area contributed by atoms with Gasteiger partial charge in [0, 0.05) is 24.3 Å². The number of nitrogens with zero attached hydrogens (tertiary/aromatic N) is 1. The molecule has 106 valence electrons. The number of phenolic OH excluding ortho intramolecular Hbond substituents is 1. The second-order valence-electron chi connectivity index (χ2n) is 5.04. The molecule has 0 saturated heterocycles. The highest BCUT2D eigenvalue weighted by molar-refractivity contribution is 5.47. The van der Waals surface area contributed by atoms with Gasteiger partial charge in [-0.15, -0.1) is 0 Å². The number of para-hydroxylation sites is 1. The molecule has 0 saturated carbocycles. The van der Waals surface area contributed by atoms with E-state index in [0.717, 1.165) is 12.2 Å². The lowest BCUT2D eigenvalue weighted by Crippen LogP contribution is -2.10. The molecule has 0 heterocycles. The van der Waals surface area contributed by atoms with Gasteiger partial charge in [0.2, 0.25) is 0 Å². The molecule has 0 amide bonds. The fourth-order valence-electron chi connectivity index (χ4n) is 2.04. The molecule has 2 N–H and O–H groups in total. The highest BCUT2D eigenvalue weighted by Crippen LogP contribution is 2.22. The molecule has 0 aromatic heterocycles. The van der Waals surface area contributed by atoms with Crippen LogP contribution < -0.4 is 5.32 Å². The maximum Gasteiger partial charge on any atom is 0.165 e. The molecule has 4 heteroatoms. The van der Waals surface area contributed by atoms with E-state index in [1.54, 1.807) is 12.1 Å². The molecule has 2 rings (SSSR count). The molecule has 0 aliphatic rings. The molecule has 20 heavy (non-hydrogen) atoms. The summed E-state index contributed by atoms with van der Waals surface area (Å²) in [5.74, 6) is -0.880. The summed E-state index contributed by atoms with van der Waals surface area (Å²) in [6, 6.07) is 12.6. The lowest BCUT2D eigenvalue weighted by Gasteiger charge is -2.12. The van der Waals surface area contributed by atoms with E-state index in [0.29, 0.717) is 12.1 Å². The SMILES string of the molecule is CN(C)Cc1cccc(NCc2cccc(F)c2O)c1. The third-order valence-corrected chi connectivity index (χ3v) is 2.98. The average molecular weight is 274 g/mol. The minimum atomic E-state index is -0.592. The first-order valence-corrected chi connectivity index (χ1v) is 6.50. The van der Waals surface area contributed by atoms with Crippen molar-refractivity contribution in [3.63, 3.8) is 0 Å². The zero-order valence-electron chi connectivity index (χ0n) is 11.7. The first-order valence-electron chi connectivity index (χ1n) is 6.50. The summed E-state index contributed by atoms with van der Waals surface area (Å²) < 4.78 is 13.2. The van der Waals surface area contributed by atoms with E-state index in [9.17, 15) is 9.50 Å². The molecule has 0 spiro atoms. The Kier molecular flexibility index (Phi) is 4.58. The van der Waals surface area contributed by atoms with E-state index in [1.807, 2.05) is 26.2 Å². The minimum absolute atomic E-state index is 0.288. The van der Waals surface area contributed by atoms with Gasteiger partial charge in [-0.2, -0.15) is 0 Å². The zero-order valence-corrected chi connectivity index (χ0v) is 11.7. The van der Waals surface area contributed by atoms with Crippen molar-refractivity contribution in [3.8, 4) is 5.75 Å². The van der Waals surface area contributed by atoms with Gasteiger partial charge < -0.3 is 15.3 Å². The summed E-state index contributed by atoms with van der Waals surface area (Å²) in [6.07, 6.45) is 0. The van der Waals surface area contributed by atoms with Gasteiger partial charge in [-0.3, -0.25) is 0 Å². The van der Waals surface area contributed by atoms with Gasteiger partial charge in [0.25, 0.3) is 0 Å². The van der Waals surface area contributed by atoms with Crippen LogP contribution in [0.5, 0.6) is 5.75 Å². The Hall–Kier alpha value is -2.07. The number of rotatable bonds is 5. The number of hydrogen-bond donors (Lipinski definition) is 2. The first kappa shape index (κ1) is 14.3. The Morgan fingerprint density at radius 2 is 1.90 bits per heavy atom. The highest BCUT2D eigenvalue weighted by Gasteiger charge is 2.06. The minimum Gasteiger partial charge on any atom is -0.505 e. The van der Waals surface area contributed by atoms with Crippen molar-refractivity contribution in [2.45, 2.75) is 13.1 Å². The Morgan fingerprint density at radius 1 is 1.15 bits per heavy atom. The maximum atomic E-state index is 13.2. The summed E-state index contributed by atoms with van der Waals surface area (Å²) >= 11 is 0. The van der Waals surface area contributed by atoms with Crippen molar-refractivity contribution in [1.29, 1.82) is 0 Å². The third-order valence-electron chi connectivity index (χ3n) is 2.98. The van der Waals surface area contributed by atoms with Crippen molar-refractivity contribution in [2.75, 3.05) is 19.4 Å². The quantitative estimate of drug-likeness (QED) is 0.879. The summed E-state index contributed by atoms with van der Waals surface area (Å²) in [5, 5.41) is 12.8. The van der Waals surface area contributed by atoms with Crippen molar-refractivity contribution in [1.82, 2.24) is 4.90 Å². The van der Waals surface area contributed by atoms with E-state index < -0.39 is 5.82 Å². The van der Waals surface area contributed by atoms with Crippen LogP contribution in [0.2, 0.25) is 0 Å². The molecule has 3 nitrogen and oxygen atoms in total. The van der Waals surface area contributed by atoms with Crippen LogP contribution in [0, 0.1) is 5.82 Å². The van der Waals surface area contributed by atoms with Crippen molar-refractivity contribution < 1.29 is 9.50 Å². The summed E-state index contributed by atoms with van der Waals surface area (Å²) in [7, 11) is 4.04. The molecular weight excluding hydrogens is 255 g/mol. The van der Waals surface area contributed by atoms with Crippen LogP contribution in [0.3, 0.4) is 0 Å². The molecular formula is C16H19FN2O. The van der Waals surface area contributed by atoms with E-state index in [-0.39, 0.29) is 5.75 Å². The molecule has 0 fully saturated rings. The molecule has 0 atom stereocenters. The van der Waals surface area contributed by atoms with Gasteiger partial charge in [-0.25, -0.2) is 4.39 Å². The number of nitrogens with one attached hydrogen (secondary N) is 1. The number of halogens is 1. The largest absolute Gasteiger partial charge is 0.505 e. The number of phenols is 1. The third kappa shape index (κ3) is 3.71. The summed E-state index contributed by atoms with van der Waals surface area (Å²) in [5.41, 5.74) is 2.69. The van der Waals surface area contributed by atoms with Gasteiger partial charge in [0.05, 0.1) is 0 Å². The highest BCUT2D eigenvalue weighted by atomic mass is 19.1. The Labute approximate surface area is 118 Å². The van der Waals surface area contributed by atoms with Crippen LogP contribution in [0.4, 0.5) is 10.1 Å². The number of aromatic hydroxyl groups is 1. The van der Waals surface area contributed by atoms with Gasteiger partial charge in [0.1, 0.15) is 0 Å². The molecule has 2 aromatic rings. The summed E-state index contributed by atoms with van der Waals surface area (Å²) in [4.78, 5) is 2.09. The van der Waals surface area contributed by atoms with Crippen molar-refractivity contribution in [2.24, 2.45) is 0 Å². The molecule has 0 aliphatic heterocycles. The first-order chi connectivity index (χ1) is 9.56. The Balaban J connectivity index is 2.05. The number of anilines is 1. The Morgan fingerprint density at radius 3 is 2.65 bits per heavy atom. The molecule has 0 aliphatic carbocycles. The lowest BCUT2D eigenvalue weighted by molar-refractivity contribution is 0.402. The topological polar surface area (TPSA) is 35.5 Å². The van der Waals surface area contributed by atoms with Crippen molar-refractivity contribution >= 4 is 5.69 Å². The van der Waals surface area contributed by atoms with E-state index >= 15 is 0 Å². The van der Waals surface area contributed by atoms with Gasteiger partial charge in [-0.05, 0) is 37.9 Å². The van der Waals surface area contributed by atoms with Gasteiger partial charge >= 0.3 is 0 Å². The predicted octanol–water partition coefficient (Wildman–Crippen LogP) is 3.21. The lowest BCUT2D eigenvalue weighted by atomic mass is 10.1. The van der Waals surface area contributed by atoms with Gasteiger partial charge in [0.15, 0.2) is 11.6 Å². The second-order valence-corrected chi connectivity index (χ2v) is 5.04. The van der Waals surface area contributed by atoms with Gasteiger partial charge in [-0.1, -0.05) is 24.3 Å². The van der Waals surface area contributed by atoms with E-state index in [4.69, 9.17) is 0 Å². The standard InChI is InChI=1S/C16H19FN2O/c1-19(2)11-12-5-3-7-14(9-12)18-10-13-6-4-8-15(17)16(13)20/h3-9,18,20H,10-11H2,1-2H3. The van der Waals surface area contributed by atoms with Crippen LogP contribution in [0.15, 0.2) is 42.5 Å². The van der Waals surface area contributed by atoms with Crippen LogP contribution in [0.1, 0.15) is 11.1 Å². The van der Waals surface area contributed by atoms with Crippen LogP contribution in [-0.2, 0) is 13.1 Å². The zero-order chi connectivity index (χ0) is 14.5. The monoisotopic (exact) mass is 274 g/mol. The van der Waals surface area contributed by atoms with E-state index in [2.05, 4.69) is 22.3 Å². The molecule has 0 radical (unpaired) electrons. The normalized spacial score (nSPS) is 10.8. The second kappa shape index (κ2) is 6.39. The van der Waals surface area contributed by atoms with E-state index in [1.165, 1.54) is 11.6 Å². The maximum absolute atomic E-state index is 13.2. The molecule has 0 bridgehead atoms. The van der Waals surface area contributed by atoms with Crippen LogP contribution in [0.25, 0.3) is 0 Å². The van der Waals surface area contributed by atoms with Crippen LogP contribution >= 0.6 is 0 Å². The fraction of sp³-hybridized carbons (Fsp3) is 0.250. The van der Waals surface area contributed by atoms with Crippen molar-refractivity contribution in [3.05, 3.63) is 59.4 Å². The summed E-state index contributed by atoms with van der Waals surface area (Å²) in [6.45, 7) is 1.25. The number of hydrogen-bond acceptors (Lipinski definition) is 3.